The van der Waals surface area contributed by atoms with Gasteiger partial charge in [0.05, 0.1) is 5.41 Å². The maximum absolute atomic E-state index is 11.9. The van der Waals surface area contributed by atoms with Gasteiger partial charge in [-0.2, -0.15) is 0 Å². The highest BCUT2D eigenvalue weighted by atomic mass is 32.1. The summed E-state index contributed by atoms with van der Waals surface area (Å²) in [6.07, 6.45) is -0.634. The number of carbonyl (C=O) groups is 1. The molecule has 0 fully saturated rings. The molecule has 1 unspecified atom stereocenters. The van der Waals surface area contributed by atoms with Gasteiger partial charge in [-0.05, 0) is 56.2 Å². The van der Waals surface area contributed by atoms with Gasteiger partial charge in [-0.3, -0.25) is 4.79 Å². The van der Waals surface area contributed by atoms with E-state index in [0.717, 1.165) is 21.7 Å². The highest BCUT2D eigenvalue weighted by molar-refractivity contribution is 7.12. The summed E-state index contributed by atoms with van der Waals surface area (Å²) in [6.45, 7) is 5.83. The van der Waals surface area contributed by atoms with Crippen LogP contribution in [-0.4, -0.2) is 11.0 Å². The molecule has 0 aliphatic carbocycles. The van der Waals surface area contributed by atoms with Crippen LogP contribution >= 0.6 is 11.3 Å². The van der Waals surface area contributed by atoms with Gasteiger partial charge in [0, 0.05) is 15.4 Å². The van der Waals surface area contributed by atoms with Crippen LogP contribution in [0.25, 0.3) is 0 Å². The predicted molar refractivity (Wildman–Crippen MR) is 81.2 cm³/mol. The molecule has 104 valence electrons. The molecule has 1 aromatic carbocycles. The van der Waals surface area contributed by atoms with E-state index in [1.165, 1.54) is 4.88 Å². The van der Waals surface area contributed by atoms with Crippen molar-refractivity contribution in [3.8, 4) is 0 Å². The van der Waals surface area contributed by atoms with Crippen LogP contribution in [0.1, 0.15) is 40.8 Å². The van der Waals surface area contributed by atoms with Crippen LogP contribution in [0.3, 0.4) is 0 Å². The van der Waals surface area contributed by atoms with Crippen LogP contribution in [0.4, 0.5) is 5.69 Å². The Morgan fingerprint density at radius 2 is 2.00 bits per heavy atom. The fourth-order valence-electron chi connectivity index (χ4n) is 2.52. The van der Waals surface area contributed by atoms with Crippen molar-refractivity contribution >= 4 is 22.9 Å². The largest absolute Gasteiger partial charge is 0.383 e. The molecular formula is C16H17NO2S. The number of aliphatic hydroxyl groups excluding tert-OH is 1. The monoisotopic (exact) mass is 287 g/mol. The van der Waals surface area contributed by atoms with E-state index in [9.17, 15) is 9.90 Å². The van der Waals surface area contributed by atoms with Crippen molar-refractivity contribution in [3.05, 3.63) is 51.2 Å². The minimum atomic E-state index is -0.634. The van der Waals surface area contributed by atoms with Gasteiger partial charge in [-0.25, -0.2) is 0 Å². The fourth-order valence-corrected chi connectivity index (χ4v) is 3.42. The predicted octanol–water partition coefficient (Wildman–Crippen LogP) is 3.37. The number of benzene rings is 1. The molecule has 1 atom stereocenters. The number of hydrogen-bond donors (Lipinski definition) is 2. The molecule has 2 N–H and O–H groups in total. The highest BCUT2D eigenvalue weighted by Gasteiger charge is 2.38. The maximum atomic E-state index is 11.9. The third-order valence-corrected chi connectivity index (χ3v) is 4.93. The Kier molecular flexibility index (Phi) is 2.96. The van der Waals surface area contributed by atoms with Crippen molar-refractivity contribution in [2.75, 3.05) is 5.32 Å². The van der Waals surface area contributed by atoms with E-state index in [2.05, 4.69) is 5.32 Å². The summed E-state index contributed by atoms with van der Waals surface area (Å²) in [5.41, 5.74) is 2.08. The molecule has 0 radical (unpaired) electrons. The van der Waals surface area contributed by atoms with E-state index in [-0.39, 0.29) is 5.91 Å². The average Bonchev–Trinajstić information content (AvgIpc) is 2.92. The zero-order valence-corrected chi connectivity index (χ0v) is 12.5. The molecule has 1 aliphatic heterocycles. The second-order valence-electron chi connectivity index (χ2n) is 5.74. The number of anilines is 1. The third kappa shape index (κ3) is 1.96. The second-order valence-corrected chi connectivity index (χ2v) is 7.05. The van der Waals surface area contributed by atoms with Crippen molar-refractivity contribution < 1.29 is 9.90 Å². The fraction of sp³-hybridized carbons (Fsp3) is 0.312. The molecule has 1 amide bonds. The van der Waals surface area contributed by atoms with Gasteiger partial charge >= 0.3 is 0 Å². The summed E-state index contributed by atoms with van der Waals surface area (Å²) in [4.78, 5) is 14.0. The summed E-state index contributed by atoms with van der Waals surface area (Å²) in [5, 5.41) is 13.4. The normalized spacial score (nSPS) is 17.7. The van der Waals surface area contributed by atoms with Gasteiger partial charge in [0.15, 0.2) is 0 Å². The Bertz CT molecular complexity index is 688. The van der Waals surface area contributed by atoms with Gasteiger partial charge < -0.3 is 10.4 Å². The molecule has 0 bridgehead atoms. The number of hydrogen-bond acceptors (Lipinski definition) is 3. The third-order valence-electron chi connectivity index (χ3n) is 3.88. The Morgan fingerprint density at radius 1 is 1.25 bits per heavy atom. The van der Waals surface area contributed by atoms with Gasteiger partial charge in [-0.15, -0.1) is 11.3 Å². The summed E-state index contributed by atoms with van der Waals surface area (Å²) in [6, 6.07) is 9.65. The Hall–Kier alpha value is -1.65. The SMILES string of the molecule is Cc1ccc(C(O)c2ccc3c(c2)C(C)(C)C(=O)N3)s1. The molecule has 3 nitrogen and oxygen atoms in total. The lowest BCUT2D eigenvalue weighted by Gasteiger charge is -2.17. The Labute approximate surface area is 122 Å². The van der Waals surface area contributed by atoms with E-state index in [4.69, 9.17) is 0 Å². The maximum Gasteiger partial charge on any atom is 0.234 e. The van der Waals surface area contributed by atoms with Gasteiger partial charge in [0.2, 0.25) is 5.91 Å². The molecule has 1 aromatic heterocycles. The van der Waals surface area contributed by atoms with E-state index in [1.807, 2.05) is 51.1 Å². The molecule has 2 aromatic rings. The van der Waals surface area contributed by atoms with E-state index in [1.54, 1.807) is 11.3 Å². The zero-order chi connectivity index (χ0) is 14.5. The quantitative estimate of drug-likeness (QED) is 0.889. The van der Waals surface area contributed by atoms with E-state index in [0.29, 0.717) is 0 Å². The minimum Gasteiger partial charge on any atom is -0.383 e. The standard InChI is InChI=1S/C16H17NO2S/c1-9-4-7-13(20-9)14(18)10-5-6-12-11(8-10)16(2,3)15(19)17-12/h4-8,14,18H,1-3H3,(H,17,19). The van der Waals surface area contributed by atoms with Crippen molar-refractivity contribution in [1.29, 1.82) is 0 Å². The summed E-state index contributed by atoms with van der Waals surface area (Å²) < 4.78 is 0. The lowest BCUT2D eigenvalue weighted by Crippen LogP contribution is -2.26. The van der Waals surface area contributed by atoms with Gasteiger partial charge in [0.25, 0.3) is 0 Å². The smallest absolute Gasteiger partial charge is 0.234 e. The van der Waals surface area contributed by atoms with Gasteiger partial charge in [-0.1, -0.05) is 6.07 Å². The van der Waals surface area contributed by atoms with Crippen LogP contribution in [0, 0.1) is 6.92 Å². The minimum absolute atomic E-state index is 0.00566. The molecule has 1 aliphatic rings. The van der Waals surface area contributed by atoms with Gasteiger partial charge in [0.1, 0.15) is 6.10 Å². The summed E-state index contributed by atoms with van der Waals surface area (Å²) >= 11 is 1.59. The first-order chi connectivity index (χ1) is 9.39. The first-order valence-electron chi connectivity index (χ1n) is 6.60. The summed E-state index contributed by atoms with van der Waals surface area (Å²) in [5.74, 6) is 0.00566. The van der Waals surface area contributed by atoms with Crippen molar-refractivity contribution in [2.24, 2.45) is 0 Å². The van der Waals surface area contributed by atoms with Crippen LogP contribution in [-0.2, 0) is 10.2 Å². The molecule has 2 heterocycles. The topological polar surface area (TPSA) is 49.3 Å². The number of aliphatic hydroxyl groups is 1. The second kappa shape index (κ2) is 4.43. The lowest BCUT2D eigenvalue weighted by molar-refractivity contribution is -0.119. The van der Waals surface area contributed by atoms with Crippen LogP contribution in [0.2, 0.25) is 0 Å². The number of aryl methyl sites for hydroxylation is 1. The lowest BCUT2D eigenvalue weighted by atomic mass is 9.85. The molecule has 3 rings (SSSR count). The molecular weight excluding hydrogens is 270 g/mol. The van der Waals surface area contributed by atoms with E-state index >= 15 is 0 Å². The van der Waals surface area contributed by atoms with Crippen molar-refractivity contribution in [3.63, 3.8) is 0 Å². The van der Waals surface area contributed by atoms with Crippen LogP contribution in [0.15, 0.2) is 30.3 Å². The van der Waals surface area contributed by atoms with Crippen LogP contribution in [0.5, 0.6) is 0 Å². The molecule has 4 heteroatoms. The zero-order valence-electron chi connectivity index (χ0n) is 11.7. The van der Waals surface area contributed by atoms with Crippen molar-refractivity contribution in [1.82, 2.24) is 0 Å². The van der Waals surface area contributed by atoms with Crippen molar-refractivity contribution in [2.45, 2.75) is 32.3 Å². The first kappa shape index (κ1) is 13.3. The Morgan fingerprint density at radius 3 is 2.65 bits per heavy atom. The number of rotatable bonds is 2. The Balaban J connectivity index is 2.02. The highest BCUT2D eigenvalue weighted by Crippen LogP contribution is 2.39. The number of amides is 1. The number of thiophene rings is 1. The van der Waals surface area contributed by atoms with E-state index < -0.39 is 11.5 Å². The molecule has 0 spiro atoms. The molecule has 20 heavy (non-hydrogen) atoms. The molecule has 0 saturated carbocycles. The number of carbonyl (C=O) groups excluding carboxylic acids is 1. The molecule has 0 saturated heterocycles. The first-order valence-corrected chi connectivity index (χ1v) is 7.41. The number of fused-ring (bicyclic) bond motifs is 1. The number of nitrogens with one attached hydrogen (secondary N) is 1. The summed E-state index contributed by atoms with van der Waals surface area (Å²) in [7, 11) is 0. The van der Waals surface area contributed by atoms with Crippen LogP contribution < -0.4 is 5.32 Å². The average molecular weight is 287 g/mol.